The predicted octanol–water partition coefficient (Wildman–Crippen LogP) is 5.01. The van der Waals surface area contributed by atoms with Crippen molar-refractivity contribution in [3.8, 4) is 22.8 Å². The van der Waals surface area contributed by atoms with E-state index in [9.17, 15) is 4.79 Å². The van der Waals surface area contributed by atoms with Crippen LogP contribution in [0.3, 0.4) is 0 Å². The largest absolute Gasteiger partial charge is 0.454 e. The Morgan fingerprint density at radius 3 is 2.73 bits per heavy atom. The quantitative estimate of drug-likeness (QED) is 0.505. The van der Waals surface area contributed by atoms with E-state index in [4.69, 9.17) is 32.7 Å². The molecule has 0 aliphatic carbocycles. The minimum Gasteiger partial charge on any atom is -0.454 e. The third-order valence-electron chi connectivity index (χ3n) is 3.88. The maximum absolute atomic E-state index is 12.3. The number of rotatable bonds is 4. The molecule has 0 amide bonds. The van der Waals surface area contributed by atoms with E-state index in [2.05, 4.69) is 10.2 Å². The number of nitrogens with zero attached hydrogens (tertiary/aromatic N) is 1. The molecule has 26 heavy (non-hydrogen) atoms. The van der Waals surface area contributed by atoms with Crippen LogP contribution in [0.25, 0.3) is 17.3 Å². The van der Waals surface area contributed by atoms with Crippen LogP contribution in [0.5, 0.6) is 11.5 Å². The molecule has 2 aromatic carbocycles. The van der Waals surface area contributed by atoms with Gasteiger partial charge in [0.2, 0.25) is 6.79 Å². The fourth-order valence-corrected chi connectivity index (χ4v) is 2.83. The highest BCUT2D eigenvalue weighted by atomic mass is 35.5. The van der Waals surface area contributed by atoms with Crippen LogP contribution < -0.4 is 9.47 Å². The Bertz CT molecular complexity index is 1030. The average molecular weight is 387 g/mol. The molecule has 0 fully saturated rings. The number of fused-ring (bicyclic) bond motifs is 1. The molecule has 0 bridgehead atoms. The molecule has 1 N–H and O–H groups in total. The van der Waals surface area contributed by atoms with Gasteiger partial charge in [-0.25, -0.2) is 0 Å². The number of halogens is 2. The molecule has 0 spiro atoms. The van der Waals surface area contributed by atoms with E-state index >= 15 is 0 Å². The zero-order valence-electron chi connectivity index (χ0n) is 13.3. The van der Waals surface area contributed by atoms with Crippen LogP contribution in [-0.2, 0) is 0 Å². The van der Waals surface area contributed by atoms with Crippen molar-refractivity contribution in [2.45, 2.75) is 0 Å². The minimum absolute atomic E-state index is 0.144. The Kier molecular flexibility index (Phi) is 4.41. The summed E-state index contributed by atoms with van der Waals surface area (Å²) in [5, 5.41) is 8.05. The third-order valence-corrected chi connectivity index (χ3v) is 4.62. The molecular weight excluding hydrogens is 375 g/mol. The highest BCUT2D eigenvalue weighted by Gasteiger charge is 2.15. The standard InChI is InChI=1S/C19H12Cl2N2O3/c20-14-4-1-11(7-15(14)21)16-9-13(22-23-16)3-5-17(24)12-2-6-18-19(8-12)26-10-25-18/h1-9H,10H2,(H,22,23)/b5-3+. The van der Waals surface area contributed by atoms with Crippen molar-refractivity contribution in [2.75, 3.05) is 6.79 Å². The number of aromatic nitrogens is 2. The summed E-state index contributed by atoms with van der Waals surface area (Å²) in [4.78, 5) is 12.3. The van der Waals surface area contributed by atoms with Crippen molar-refractivity contribution in [1.29, 1.82) is 0 Å². The van der Waals surface area contributed by atoms with Crippen molar-refractivity contribution in [3.63, 3.8) is 0 Å². The lowest BCUT2D eigenvalue weighted by atomic mass is 10.1. The molecule has 2 heterocycles. The monoisotopic (exact) mass is 386 g/mol. The summed E-state index contributed by atoms with van der Waals surface area (Å²) in [6, 6.07) is 12.2. The summed E-state index contributed by atoms with van der Waals surface area (Å²) in [6.45, 7) is 0.175. The van der Waals surface area contributed by atoms with Crippen LogP contribution in [0, 0.1) is 0 Å². The first kappa shape index (κ1) is 16.7. The fraction of sp³-hybridized carbons (Fsp3) is 0.0526. The van der Waals surface area contributed by atoms with Crippen molar-refractivity contribution in [3.05, 3.63) is 69.8 Å². The molecule has 0 saturated carbocycles. The highest BCUT2D eigenvalue weighted by molar-refractivity contribution is 6.42. The van der Waals surface area contributed by atoms with Gasteiger partial charge in [0.15, 0.2) is 17.3 Å². The molecule has 4 rings (SSSR count). The summed E-state index contributed by atoms with van der Waals surface area (Å²) in [5.41, 5.74) is 2.76. The second-order valence-electron chi connectivity index (χ2n) is 5.60. The second-order valence-corrected chi connectivity index (χ2v) is 6.42. The Morgan fingerprint density at radius 2 is 1.88 bits per heavy atom. The van der Waals surface area contributed by atoms with E-state index in [1.165, 1.54) is 6.08 Å². The summed E-state index contributed by atoms with van der Waals surface area (Å²) in [5.74, 6) is 1.08. The number of H-pyrrole nitrogens is 1. The van der Waals surface area contributed by atoms with Gasteiger partial charge in [0, 0.05) is 11.1 Å². The molecule has 0 radical (unpaired) electrons. The number of ketones is 1. The maximum atomic E-state index is 12.3. The number of allylic oxidation sites excluding steroid dienone is 1. The second kappa shape index (κ2) is 6.86. The average Bonchev–Trinajstić information content (AvgIpc) is 3.30. The topological polar surface area (TPSA) is 64.2 Å². The molecule has 3 aromatic rings. The molecule has 1 aromatic heterocycles. The molecule has 7 heteroatoms. The Morgan fingerprint density at radius 1 is 1.04 bits per heavy atom. The van der Waals surface area contributed by atoms with E-state index in [0.29, 0.717) is 38.5 Å². The Hall–Kier alpha value is -2.76. The van der Waals surface area contributed by atoms with Gasteiger partial charge in [0.1, 0.15) is 0 Å². The van der Waals surface area contributed by atoms with Gasteiger partial charge in [0.25, 0.3) is 0 Å². The molecule has 0 saturated heterocycles. The van der Waals surface area contributed by atoms with Crippen LogP contribution in [0.1, 0.15) is 16.1 Å². The zero-order chi connectivity index (χ0) is 18.1. The molecule has 1 aliphatic heterocycles. The van der Waals surface area contributed by atoms with E-state index < -0.39 is 0 Å². The Balaban J connectivity index is 1.51. The number of aromatic amines is 1. The van der Waals surface area contributed by atoms with Crippen molar-refractivity contribution in [1.82, 2.24) is 10.2 Å². The molecule has 5 nitrogen and oxygen atoms in total. The van der Waals surface area contributed by atoms with Crippen LogP contribution in [0.4, 0.5) is 0 Å². The van der Waals surface area contributed by atoms with Gasteiger partial charge in [-0.1, -0.05) is 29.3 Å². The SMILES string of the molecule is O=C(/C=C/c1cc(-c2ccc(Cl)c(Cl)c2)n[nH]1)c1ccc2c(c1)OCO2. The normalized spacial score (nSPS) is 12.7. The summed E-state index contributed by atoms with van der Waals surface area (Å²) >= 11 is 12.0. The van der Waals surface area contributed by atoms with Crippen LogP contribution in [0.15, 0.2) is 48.5 Å². The van der Waals surface area contributed by atoms with Gasteiger partial charge in [-0.3, -0.25) is 9.89 Å². The van der Waals surface area contributed by atoms with E-state index in [0.717, 1.165) is 5.56 Å². The lowest BCUT2D eigenvalue weighted by molar-refractivity contribution is 0.104. The van der Waals surface area contributed by atoms with Crippen LogP contribution >= 0.6 is 23.2 Å². The summed E-state index contributed by atoms with van der Waals surface area (Å²) < 4.78 is 10.5. The number of carbonyl (C=O) groups is 1. The van der Waals surface area contributed by atoms with Gasteiger partial charge >= 0.3 is 0 Å². The lowest BCUT2D eigenvalue weighted by Crippen LogP contribution is -1.94. The van der Waals surface area contributed by atoms with E-state index in [1.54, 1.807) is 36.4 Å². The van der Waals surface area contributed by atoms with E-state index in [1.807, 2.05) is 12.1 Å². The van der Waals surface area contributed by atoms with Crippen molar-refractivity contribution < 1.29 is 14.3 Å². The first-order valence-corrected chi connectivity index (χ1v) is 8.48. The lowest BCUT2D eigenvalue weighted by Gasteiger charge is -1.99. The summed E-state index contributed by atoms with van der Waals surface area (Å²) in [6.07, 6.45) is 3.14. The van der Waals surface area contributed by atoms with Gasteiger partial charge in [0.05, 0.1) is 21.4 Å². The fourth-order valence-electron chi connectivity index (χ4n) is 2.54. The number of carbonyl (C=O) groups excluding carboxylic acids is 1. The third kappa shape index (κ3) is 3.31. The summed E-state index contributed by atoms with van der Waals surface area (Å²) in [7, 11) is 0. The minimum atomic E-state index is -0.144. The van der Waals surface area contributed by atoms with Crippen LogP contribution in [-0.4, -0.2) is 22.8 Å². The van der Waals surface area contributed by atoms with Crippen LogP contribution in [0.2, 0.25) is 10.0 Å². The molecule has 1 aliphatic rings. The number of nitrogens with one attached hydrogen (secondary N) is 1. The van der Waals surface area contributed by atoms with Crippen molar-refractivity contribution >= 4 is 35.1 Å². The number of benzene rings is 2. The van der Waals surface area contributed by atoms with Gasteiger partial charge in [-0.05, 0) is 48.6 Å². The Labute approximate surface area is 159 Å². The first-order chi connectivity index (χ1) is 12.6. The van der Waals surface area contributed by atoms with E-state index in [-0.39, 0.29) is 12.6 Å². The van der Waals surface area contributed by atoms with Gasteiger partial charge < -0.3 is 9.47 Å². The van der Waals surface area contributed by atoms with Crippen molar-refractivity contribution in [2.24, 2.45) is 0 Å². The van der Waals surface area contributed by atoms with Gasteiger partial charge in [-0.15, -0.1) is 0 Å². The first-order valence-electron chi connectivity index (χ1n) is 7.73. The molecular formula is C19H12Cl2N2O3. The number of ether oxygens (including phenoxy) is 2. The maximum Gasteiger partial charge on any atom is 0.231 e. The smallest absolute Gasteiger partial charge is 0.231 e. The number of hydrogen-bond donors (Lipinski definition) is 1. The molecule has 0 unspecified atom stereocenters. The molecule has 130 valence electrons. The highest BCUT2D eigenvalue weighted by Crippen LogP contribution is 2.32. The predicted molar refractivity (Wildman–Crippen MR) is 100.0 cm³/mol. The number of hydrogen-bond acceptors (Lipinski definition) is 4. The molecule has 0 atom stereocenters. The zero-order valence-corrected chi connectivity index (χ0v) is 14.8. The van der Waals surface area contributed by atoms with Gasteiger partial charge in [-0.2, -0.15) is 5.10 Å².